The summed E-state index contributed by atoms with van der Waals surface area (Å²) in [6.07, 6.45) is 3.20. The second-order valence-corrected chi connectivity index (χ2v) is 11.8. The SMILES string of the molecule is COc1cc(Cl)ccc1OCCCc1ccc(C2=C(C(=O)N(C)CCc3ccccc3)[C@H]3CN(C(C)=O)CC(C2)N3)cc1. The molecule has 0 aromatic heterocycles. The molecule has 3 aromatic rings. The molecule has 2 aliphatic heterocycles. The van der Waals surface area contributed by atoms with E-state index in [4.69, 9.17) is 21.1 Å². The second kappa shape index (κ2) is 14.1. The van der Waals surface area contributed by atoms with Gasteiger partial charge in [0.25, 0.3) is 5.91 Å². The molecule has 1 unspecified atom stereocenters. The molecule has 5 rings (SSSR count). The number of ether oxygens (including phenoxy) is 2. The van der Waals surface area contributed by atoms with Gasteiger partial charge < -0.3 is 24.6 Å². The molecule has 2 bridgehead atoms. The standard InChI is InChI=1S/C35H40ClN3O4/c1-24(40)39-22-29-21-30(34(31(23-39)37-29)35(41)38(2)18-17-25-8-5-4-6-9-25)27-13-11-26(12-14-27)10-7-19-43-32-16-15-28(36)20-33(32)42-3/h4-6,8-9,11-16,20,29,31,37H,7,10,17-19,21-23H2,1-3H3/t29?,31-/m1/s1. The lowest BCUT2D eigenvalue weighted by atomic mass is 9.82. The molecule has 226 valence electrons. The van der Waals surface area contributed by atoms with Crippen LogP contribution < -0.4 is 14.8 Å². The quantitative estimate of drug-likeness (QED) is 0.298. The Bertz CT molecular complexity index is 1460. The van der Waals surface area contributed by atoms with Crippen LogP contribution in [0.15, 0.2) is 78.4 Å². The topological polar surface area (TPSA) is 71.1 Å². The van der Waals surface area contributed by atoms with Crippen LogP contribution in [0, 0.1) is 0 Å². The van der Waals surface area contributed by atoms with Crippen molar-refractivity contribution in [2.24, 2.45) is 0 Å². The highest BCUT2D eigenvalue weighted by Crippen LogP contribution is 2.34. The van der Waals surface area contributed by atoms with Gasteiger partial charge in [-0.05, 0) is 60.1 Å². The molecule has 3 aromatic carbocycles. The van der Waals surface area contributed by atoms with E-state index in [-0.39, 0.29) is 23.9 Å². The van der Waals surface area contributed by atoms with Gasteiger partial charge in [-0.3, -0.25) is 9.59 Å². The van der Waals surface area contributed by atoms with Crippen LogP contribution in [0.4, 0.5) is 0 Å². The average Bonchev–Trinajstić information content (AvgIpc) is 3.02. The third-order valence-corrected chi connectivity index (χ3v) is 8.54. The summed E-state index contributed by atoms with van der Waals surface area (Å²) in [6.45, 7) is 3.93. The lowest BCUT2D eigenvalue weighted by Gasteiger charge is -2.44. The minimum Gasteiger partial charge on any atom is -0.493 e. The average molecular weight is 602 g/mol. The van der Waals surface area contributed by atoms with Crippen molar-refractivity contribution < 1.29 is 19.1 Å². The predicted molar refractivity (Wildman–Crippen MR) is 171 cm³/mol. The summed E-state index contributed by atoms with van der Waals surface area (Å²) in [5.41, 5.74) is 5.33. The number of amides is 2. The van der Waals surface area contributed by atoms with Crippen LogP contribution in [0.1, 0.15) is 36.5 Å². The van der Waals surface area contributed by atoms with Crippen molar-refractivity contribution >= 4 is 29.0 Å². The number of methoxy groups -OCH3 is 1. The van der Waals surface area contributed by atoms with Gasteiger partial charge in [0.05, 0.1) is 19.8 Å². The highest BCUT2D eigenvalue weighted by atomic mass is 35.5. The number of likely N-dealkylation sites (N-methyl/N-ethyl adjacent to an activating group) is 1. The van der Waals surface area contributed by atoms with Crippen LogP contribution >= 0.6 is 11.6 Å². The molecule has 2 amide bonds. The van der Waals surface area contributed by atoms with E-state index in [2.05, 4.69) is 41.7 Å². The van der Waals surface area contributed by atoms with Crippen molar-refractivity contribution in [3.05, 3.63) is 100 Å². The Morgan fingerprint density at radius 2 is 1.72 bits per heavy atom. The van der Waals surface area contributed by atoms with Crippen molar-refractivity contribution in [2.45, 2.75) is 44.7 Å². The van der Waals surface area contributed by atoms with Crippen molar-refractivity contribution in [2.75, 3.05) is 40.4 Å². The molecule has 1 N–H and O–H groups in total. The predicted octanol–water partition coefficient (Wildman–Crippen LogP) is 5.41. The molecule has 2 heterocycles. The maximum atomic E-state index is 14.0. The first kappa shape index (κ1) is 30.6. The number of piperazine rings is 1. The van der Waals surface area contributed by atoms with Gasteiger partial charge in [0, 0.05) is 56.3 Å². The number of hydrogen-bond donors (Lipinski definition) is 1. The molecule has 2 atom stereocenters. The molecular weight excluding hydrogens is 562 g/mol. The Balaban J connectivity index is 1.29. The molecule has 0 aliphatic carbocycles. The molecule has 0 spiro atoms. The maximum absolute atomic E-state index is 14.0. The van der Waals surface area contributed by atoms with Gasteiger partial charge in [-0.2, -0.15) is 0 Å². The Kier molecular flexibility index (Phi) is 10.1. The van der Waals surface area contributed by atoms with Gasteiger partial charge >= 0.3 is 0 Å². The fourth-order valence-electron chi connectivity index (χ4n) is 5.96. The second-order valence-electron chi connectivity index (χ2n) is 11.3. The summed E-state index contributed by atoms with van der Waals surface area (Å²) in [5.74, 6) is 1.37. The van der Waals surface area contributed by atoms with E-state index in [0.29, 0.717) is 49.2 Å². The molecule has 1 fully saturated rings. The maximum Gasteiger partial charge on any atom is 0.251 e. The summed E-state index contributed by atoms with van der Waals surface area (Å²) >= 11 is 6.05. The number of aryl methyl sites for hydroxylation is 1. The minimum atomic E-state index is -0.195. The van der Waals surface area contributed by atoms with E-state index in [9.17, 15) is 9.59 Å². The van der Waals surface area contributed by atoms with Crippen LogP contribution in [0.5, 0.6) is 11.5 Å². The van der Waals surface area contributed by atoms with Crippen LogP contribution in [0.2, 0.25) is 5.02 Å². The fraction of sp³-hybridized carbons (Fsp3) is 0.371. The van der Waals surface area contributed by atoms with Crippen LogP contribution in [0.3, 0.4) is 0 Å². The largest absolute Gasteiger partial charge is 0.493 e. The lowest BCUT2D eigenvalue weighted by molar-refractivity contribution is -0.132. The van der Waals surface area contributed by atoms with Crippen molar-refractivity contribution in [1.82, 2.24) is 15.1 Å². The first-order chi connectivity index (χ1) is 20.8. The van der Waals surface area contributed by atoms with Crippen molar-refractivity contribution in [1.29, 1.82) is 0 Å². The van der Waals surface area contributed by atoms with E-state index in [0.717, 1.165) is 36.0 Å². The highest BCUT2D eigenvalue weighted by Gasteiger charge is 2.39. The summed E-state index contributed by atoms with van der Waals surface area (Å²) in [6, 6.07) is 24.1. The van der Waals surface area contributed by atoms with Gasteiger partial charge in [0.1, 0.15) is 0 Å². The first-order valence-electron chi connectivity index (χ1n) is 14.9. The molecule has 1 saturated heterocycles. The van der Waals surface area contributed by atoms with E-state index < -0.39 is 0 Å². The summed E-state index contributed by atoms with van der Waals surface area (Å²) in [4.78, 5) is 30.0. The third kappa shape index (κ3) is 7.59. The van der Waals surface area contributed by atoms with E-state index in [1.165, 1.54) is 11.1 Å². The van der Waals surface area contributed by atoms with Gasteiger partial charge in [-0.15, -0.1) is 0 Å². The zero-order chi connectivity index (χ0) is 30.3. The van der Waals surface area contributed by atoms with Gasteiger partial charge in [0.15, 0.2) is 11.5 Å². The van der Waals surface area contributed by atoms with Crippen molar-refractivity contribution in [3.63, 3.8) is 0 Å². The summed E-state index contributed by atoms with van der Waals surface area (Å²) in [7, 11) is 3.48. The molecule has 2 aliphatic rings. The number of benzene rings is 3. The minimum absolute atomic E-state index is 0.0196. The van der Waals surface area contributed by atoms with E-state index in [1.807, 2.05) is 41.1 Å². The number of carbonyl (C=O) groups is 2. The molecule has 43 heavy (non-hydrogen) atoms. The Hall–Kier alpha value is -3.81. The van der Waals surface area contributed by atoms with Gasteiger partial charge in [0.2, 0.25) is 5.91 Å². The van der Waals surface area contributed by atoms with Crippen LogP contribution in [-0.2, 0) is 22.4 Å². The number of carbonyl (C=O) groups excluding carboxylic acids is 2. The number of rotatable bonds is 11. The Morgan fingerprint density at radius 3 is 2.44 bits per heavy atom. The number of halogens is 1. The fourth-order valence-corrected chi connectivity index (χ4v) is 6.13. The summed E-state index contributed by atoms with van der Waals surface area (Å²) in [5, 5.41) is 4.25. The first-order valence-corrected chi connectivity index (χ1v) is 15.3. The highest BCUT2D eigenvalue weighted by molar-refractivity contribution is 6.30. The zero-order valence-corrected chi connectivity index (χ0v) is 25.9. The van der Waals surface area contributed by atoms with Crippen molar-refractivity contribution in [3.8, 4) is 11.5 Å². The molecule has 0 saturated carbocycles. The lowest BCUT2D eigenvalue weighted by Crippen LogP contribution is -2.61. The normalized spacial score (nSPS) is 17.9. The van der Waals surface area contributed by atoms with Gasteiger partial charge in [-0.25, -0.2) is 0 Å². The number of hydrogen-bond acceptors (Lipinski definition) is 5. The Morgan fingerprint density at radius 1 is 0.977 bits per heavy atom. The summed E-state index contributed by atoms with van der Waals surface area (Å²) < 4.78 is 11.3. The van der Waals surface area contributed by atoms with Crippen LogP contribution in [0.25, 0.3) is 5.57 Å². The number of nitrogens with one attached hydrogen (secondary N) is 1. The molecule has 7 nitrogen and oxygen atoms in total. The number of nitrogens with zero attached hydrogens (tertiary/aromatic N) is 2. The number of fused-ring (bicyclic) bond motifs is 2. The van der Waals surface area contributed by atoms with Gasteiger partial charge in [-0.1, -0.05) is 66.2 Å². The zero-order valence-electron chi connectivity index (χ0n) is 25.1. The van der Waals surface area contributed by atoms with E-state index in [1.54, 1.807) is 26.2 Å². The monoisotopic (exact) mass is 601 g/mol. The van der Waals surface area contributed by atoms with Crippen LogP contribution in [-0.4, -0.2) is 74.1 Å². The molecule has 0 radical (unpaired) electrons. The molecule has 8 heteroatoms. The smallest absolute Gasteiger partial charge is 0.251 e. The van der Waals surface area contributed by atoms with E-state index >= 15 is 0 Å². The molecular formula is C35H40ClN3O4. The third-order valence-electron chi connectivity index (χ3n) is 8.30. The Labute approximate surface area is 259 Å².